The maximum atomic E-state index is 12.7. The lowest BCUT2D eigenvalue weighted by Gasteiger charge is -2.20. The molecule has 3 nitrogen and oxygen atoms in total. The number of nitriles is 1. The highest BCUT2D eigenvalue weighted by molar-refractivity contribution is 5.53. The van der Waals surface area contributed by atoms with Gasteiger partial charge in [-0.15, -0.1) is 0 Å². The van der Waals surface area contributed by atoms with Crippen LogP contribution in [0.1, 0.15) is 31.4 Å². The molecular formula is C15H20F3N3. The summed E-state index contributed by atoms with van der Waals surface area (Å²) in [6.45, 7) is 7.55. The summed E-state index contributed by atoms with van der Waals surface area (Å²) in [5, 5.41) is 11.9. The van der Waals surface area contributed by atoms with E-state index in [1.165, 1.54) is 12.1 Å². The molecule has 0 bridgehead atoms. The first-order valence-corrected chi connectivity index (χ1v) is 7.00. The molecule has 1 N–H and O–H groups in total. The van der Waals surface area contributed by atoms with E-state index >= 15 is 0 Å². The largest absolute Gasteiger partial charge is 0.417 e. The van der Waals surface area contributed by atoms with Crippen LogP contribution < -0.4 is 5.32 Å². The smallest absolute Gasteiger partial charge is 0.384 e. The highest BCUT2D eigenvalue weighted by atomic mass is 19.4. The molecule has 0 aliphatic carbocycles. The molecule has 0 spiro atoms. The Kier molecular flexibility index (Phi) is 6.50. The molecule has 0 fully saturated rings. The first kappa shape index (κ1) is 17.3. The Balaban J connectivity index is 2.68. The minimum absolute atomic E-state index is 0.353. The van der Waals surface area contributed by atoms with E-state index in [-0.39, 0.29) is 5.56 Å². The third kappa shape index (κ3) is 5.27. The second kappa shape index (κ2) is 7.89. The van der Waals surface area contributed by atoms with Crippen molar-refractivity contribution in [3.8, 4) is 6.07 Å². The first-order valence-electron chi connectivity index (χ1n) is 7.00. The number of anilines is 1. The Labute approximate surface area is 123 Å². The van der Waals surface area contributed by atoms with E-state index in [1.54, 1.807) is 6.07 Å². The summed E-state index contributed by atoms with van der Waals surface area (Å²) < 4.78 is 38.0. The van der Waals surface area contributed by atoms with Gasteiger partial charge in [0.1, 0.15) is 0 Å². The van der Waals surface area contributed by atoms with Gasteiger partial charge < -0.3 is 10.2 Å². The number of hydrogen-bond acceptors (Lipinski definition) is 3. The molecule has 0 saturated heterocycles. The first-order chi connectivity index (χ1) is 9.92. The van der Waals surface area contributed by atoms with Crippen molar-refractivity contribution in [2.24, 2.45) is 0 Å². The normalized spacial score (nSPS) is 11.5. The molecular weight excluding hydrogens is 279 g/mol. The van der Waals surface area contributed by atoms with E-state index in [0.29, 0.717) is 12.2 Å². The summed E-state index contributed by atoms with van der Waals surface area (Å²) in [7, 11) is 0. The average Bonchev–Trinajstić information content (AvgIpc) is 2.45. The molecule has 0 saturated carbocycles. The Morgan fingerprint density at radius 3 is 2.48 bits per heavy atom. The molecule has 0 amide bonds. The van der Waals surface area contributed by atoms with Crippen molar-refractivity contribution < 1.29 is 13.2 Å². The summed E-state index contributed by atoms with van der Waals surface area (Å²) in [6.07, 6.45) is -3.43. The van der Waals surface area contributed by atoms with Crippen molar-refractivity contribution in [1.82, 2.24) is 4.90 Å². The van der Waals surface area contributed by atoms with E-state index in [9.17, 15) is 13.2 Å². The topological polar surface area (TPSA) is 39.1 Å². The van der Waals surface area contributed by atoms with E-state index < -0.39 is 11.7 Å². The lowest BCUT2D eigenvalue weighted by atomic mass is 10.1. The number of hydrogen-bond donors (Lipinski definition) is 1. The summed E-state index contributed by atoms with van der Waals surface area (Å²) in [5.74, 6) is 0. The maximum absolute atomic E-state index is 12.7. The molecule has 1 rings (SSSR count). The molecule has 0 atom stereocenters. The molecule has 6 heteroatoms. The van der Waals surface area contributed by atoms with Crippen molar-refractivity contribution in [2.45, 2.75) is 26.4 Å². The molecule has 116 valence electrons. The number of likely N-dealkylation sites (N-methyl/N-ethyl adjacent to an activating group) is 1. The molecule has 0 aliphatic heterocycles. The van der Waals surface area contributed by atoms with Crippen molar-refractivity contribution >= 4 is 5.69 Å². The fraction of sp³-hybridized carbons (Fsp3) is 0.533. The quantitative estimate of drug-likeness (QED) is 0.834. The van der Waals surface area contributed by atoms with Crippen LogP contribution in [0.2, 0.25) is 0 Å². The Morgan fingerprint density at radius 2 is 1.95 bits per heavy atom. The van der Waals surface area contributed by atoms with Crippen LogP contribution >= 0.6 is 0 Å². The standard InChI is InChI=1S/C15H20F3N3/c1-3-8-21(4-2)9-7-20-13-5-6-14(15(16,17)18)12(10-13)11-19/h5-6,10,20H,3-4,7-9H2,1-2H3. The summed E-state index contributed by atoms with van der Waals surface area (Å²) >= 11 is 0. The van der Waals surface area contributed by atoms with Gasteiger partial charge in [-0.05, 0) is 37.7 Å². The van der Waals surface area contributed by atoms with Crippen molar-refractivity contribution in [3.05, 3.63) is 29.3 Å². The zero-order valence-electron chi connectivity index (χ0n) is 12.3. The van der Waals surface area contributed by atoms with Gasteiger partial charge in [-0.1, -0.05) is 13.8 Å². The van der Waals surface area contributed by atoms with Crippen LogP contribution in [0.5, 0.6) is 0 Å². The zero-order valence-corrected chi connectivity index (χ0v) is 12.3. The number of rotatable bonds is 7. The van der Waals surface area contributed by atoms with E-state index in [4.69, 9.17) is 5.26 Å². The van der Waals surface area contributed by atoms with E-state index in [0.717, 1.165) is 32.1 Å². The molecule has 1 aromatic rings. The van der Waals surface area contributed by atoms with Crippen LogP contribution in [-0.4, -0.2) is 31.1 Å². The molecule has 0 radical (unpaired) electrons. The molecule has 21 heavy (non-hydrogen) atoms. The highest BCUT2D eigenvalue weighted by Gasteiger charge is 2.33. The van der Waals surface area contributed by atoms with Crippen molar-refractivity contribution in [1.29, 1.82) is 5.26 Å². The Bertz CT molecular complexity index is 492. The zero-order chi connectivity index (χ0) is 15.9. The van der Waals surface area contributed by atoms with Crippen LogP contribution in [0, 0.1) is 11.3 Å². The van der Waals surface area contributed by atoms with Gasteiger partial charge in [0, 0.05) is 18.8 Å². The average molecular weight is 299 g/mol. The Morgan fingerprint density at radius 1 is 1.24 bits per heavy atom. The number of alkyl halides is 3. The number of nitrogens with one attached hydrogen (secondary N) is 1. The summed E-state index contributed by atoms with van der Waals surface area (Å²) in [4.78, 5) is 2.25. The predicted octanol–water partition coefficient (Wildman–Crippen LogP) is 3.72. The van der Waals surface area contributed by atoms with Crippen LogP contribution in [0.3, 0.4) is 0 Å². The molecule has 1 aromatic carbocycles. The van der Waals surface area contributed by atoms with Gasteiger partial charge in [0.25, 0.3) is 0 Å². The number of halogens is 3. The SMILES string of the molecule is CCCN(CC)CCNc1ccc(C(F)(F)F)c(C#N)c1. The molecule has 0 aliphatic rings. The van der Waals surface area contributed by atoms with Gasteiger partial charge in [-0.2, -0.15) is 18.4 Å². The minimum atomic E-state index is -4.50. The van der Waals surface area contributed by atoms with Crippen LogP contribution in [-0.2, 0) is 6.18 Å². The summed E-state index contributed by atoms with van der Waals surface area (Å²) in [5.41, 5.74) is -0.711. The van der Waals surface area contributed by atoms with E-state index in [2.05, 4.69) is 24.1 Å². The van der Waals surface area contributed by atoms with Crippen molar-refractivity contribution in [2.75, 3.05) is 31.5 Å². The number of nitrogens with zero attached hydrogens (tertiary/aromatic N) is 2. The van der Waals surface area contributed by atoms with Gasteiger partial charge in [-0.3, -0.25) is 0 Å². The molecule has 0 aromatic heterocycles. The monoisotopic (exact) mass is 299 g/mol. The lowest BCUT2D eigenvalue weighted by Crippen LogP contribution is -2.29. The number of benzene rings is 1. The van der Waals surface area contributed by atoms with Gasteiger partial charge in [-0.25, -0.2) is 0 Å². The van der Waals surface area contributed by atoms with E-state index in [1.807, 2.05) is 0 Å². The lowest BCUT2D eigenvalue weighted by molar-refractivity contribution is -0.137. The predicted molar refractivity (Wildman–Crippen MR) is 77.1 cm³/mol. The van der Waals surface area contributed by atoms with Crippen LogP contribution in [0.25, 0.3) is 0 Å². The second-order valence-corrected chi connectivity index (χ2v) is 4.73. The fourth-order valence-electron chi connectivity index (χ4n) is 2.10. The van der Waals surface area contributed by atoms with Crippen LogP contribution in [0.4, 0.5) is 18.9 Å². The Hall–Kier alpha value is -1.74. The second-order valence-electron chi connectivity index (χ2n) is 4.73. The third-order valence-corrected chi connectivity index (χ3v) is 3.19. The third-order valence-electron chi connectivity index (χ3n) is 3.19. The van der Waals surface area contributed by atoms with Gasteiger partial charge in [0.15, 0.2) is 0 Å². The molecule has 0 unspecified atom stereocenters. The van der Waals surface area contributed by atoms with Gasteiger partial charge in [0.2, 0.25) is 0 Å². The van der Waals surface area contributed by atoms with Crippen LogP contribution in [0.15, 0.2) is 18.2 Å². The maximum Gasteiger partial charge on any atom is 0.417 e. The van der Waals surface area contributed by atoms with Gasteiger partial charge >= 0.3 is 6.18 Å². The highest BCUT2D eigenvalue weighted by Crippen LogP contribution is 2.32. The van der Waals surface area contributed by atoms with Crippen molar-refractivity contribution in [3.63, 3.8) is 0 Å². The fourth-order valence-corrected chi connectivity index (χ4v) is 2.10. The summed E-state index contributed by atoms with van der Waals surface area (Å²) in [6, 6.07) is 5.16. The minimum Gasteiger partial charge on any atom is -0.384 e. The molecule has 0 heterocycles. The van der Waals surface area contributed by atoms with Gasteiger partial charge in [0.05, 0.1) is 17.2 Å².